The Labute approximate surface area is 104 Å². The minimum atomic E-state index is -0.207. The number of carbonyl (C=O) groups is 1. The van der Waals surface area contributed by atoms with Crippen molar-refractivity contribution < 1.29 is 4.79 Å². The first-order chi connectivity index (χ1) is 8.83. The molecule has 2 aromatic rings. The van der Waals surface area contributed by atoms with Crippen LogP contribution in [0.4, 0.5) is 0 Å². The second-order valence-corrected chi connectivity index (χ2v) is 4.44. The number of fused-ring (bicyclic) bond motifs is 1. The van der Waals surface area contributed by atoms with Gasteiger partial charge in [0, 0.05) is 31.9 Å². The van der Waals surface area contributed by atoms with Crippen molar-refractivity contribution in [3.05, 3.63) is 30.4 Å². The van der Waals surface area contributed by atoms with Gasteiger partial charge in [-0.15, -0.1) is 0 Å². The molecule has 0 unspecified atom stereocenters. The number of nitrogens with one attached hydrogen (secondary N) is 2. The monoisotopic (exact) mass is 246 g/mol. The van der Waals surface area contributed by atoms with Gasteiger partial charge >= 0.3 is 0 Å². The summed E-state index contributed by atoms with van der Waals surface area (Å²) in [7, 11) is 0. The number of amides is 1. The lowest BCUT2D eigenvalue weighted by Crippen LogP contribution is -2.33. The summed E-state index contributed by atoms with van der Waals surface area (Å²) in [5.41, 5.74) is 0. The van der Waals surface area contributed by atoms with Crippen molar-refractivity contribution >= 4 is 5.91 Å². The van der Waals surface area contributed by atoms with Crippen molar-refractivity contribution in [2.45, 2.75) is 19.4 Å². The maximum Gasteiger partial charge on any atom is 0.288 e. The predicted octanol–water partition coefficient (Wildman–Crippen LogP) is -0.00640. The highest BCUT2D eigenvalue weighted by Gasteiger charge is 2.20. The molecule has 18 heavy (non-hydrogen) atoms. The summed E-state index contributed by atoms with van der Waals surface area (Å²) < 4.78 is 2.16. The second kappa shape index (κ2) is 4.59. The average molecular weight is 246 g/mol. The molecule has 1 amide bonds. The van der Waals surface area contributed by atoms with Crippen molar-refractivity contribution in [3.63, 3.8) is 0 Å². The molecule has 0 fully saturated rings. The van der Waals surface area contributed by atoms with Crippen LogP contribution in [0.5, 0.6) is 0 Å². The van der Waals surface area contributed by atoms with E-state index in [1.807, 2.05) is 12.4 Å². The Balaban J connectivity index is 1.54. The van der Waals surface area contributed by atoms with Gasteiger partial charge in [-0.05, 0) is 12.3 Å². The highest BCUT2D eigenvalue weighted by atomic mass is 16.2. The van der Waals surface area contributed by atoms with E-state index in [4.69, 9.17) is 0 Å². The van der Waals surface area contributed by atoms with E-state index in [2.05, 4.69) is 30.0 Å². The van der Waals surface area contributed by atoms with Crippen LogP contribution in [0.15, 0.2) is 18.7 Å². The molecule has 0 aromatic carbocycles. The number of carbonyl (C=O) groups excluding carboxylic acids is 1. The molecule has 0 saturated carbocycles. The molecule has 7 nitrogen and oxygen atoms in total. The van der Waals surface area contributed by atoms with Crippen molar-refractivity contribution in [2.24, 2.45) is 5.92 Å². The van der Waals surface area contributed by atoms with Crippen LogP contribution in [0.3, 0.4) is 0 Å². The fraction of sp³-hybridized carbons (Fsp3) is 0.455. The Kier molecular flexibility index (Phi) is 2.79. The molecular weight excluding hydrogens is 232 g/mol. The zero-order valence-electron chi connectivity index (χ0n) is 9.83. The maximum absolute atomic E-state index is 11.7. The molecule has 1 atom stereocenters. The van der Waals surface area contributed by atoms with Gasteiger partial charge in [-0.3, -0.25) is 9.89 Å². The summed E-state index contributed by atoms with van der Waals surface area (Å²) >= 11 is 0. The van der Waals surface area contributed by atoms with E-state index >= 15 is 0 Å². The highest BCUT2D eigenvalue weighted by Crippen LogP contribution is 2.18. The van der Waals surface area contributed by atoms with Gasteiger partial charge in [0.25, 0.3) is 5.91 Å². The van der Waals surface area contributed by atoms with E-state index in [0.29, 0.717) is 12.5 Å². The van der Waals surface area contributed by atoms with Crippen LogP contribution >= 0.6 is 0 Å². The summed E-state index contributed by atoms with van der Waals surface area (Å²) in [5, 5.41) is 9.07. The number of nitrogens with zero attached hydrogens (tertiary/aromatic N) is 4. The zero-order valence-corrected chi connectivity index (χ0v) is 9.83. The summed E-state index contributed by atoms with van der Waals surface area (Å²) in [5.74, 6) is 1.58. The smallest absolute Gasteiger partial charge is 0.288 e. The highest BCUT2D eigenvalue weighted by molar-refractivity contribution is 5.90. The van der Waals surface area contributed by atoms with Gasteiger partial charge in [-0.2, -0.15) is 5.10 Å². The molecule has 0 saturated heterocycles. The van der Waals surface area contributed by atoms with E-state index in [1.165, 1.54) is 6.33 Å². The van der Waals surface area contributed by atoms with Gasteiger partial charge in [0.15, 0.2) is 0 Å². The number of aromatic amines is 1. The van der Waals surface area contributed by atoms with E-state index in [-0.39, 0.29) is 11.7 Å². The summed E-state index contributed by atoms with van der Waals surface area (Å²) in [6.45, 7) is 1.62. The number of hydrogen-bond acceptors (Lipinski definition) is 4. The molecule has 0 bridgehead atoms. The number of hydrogen-bond donors (Lipinski definition) is 2. The Hall–Kier alpha value is -2.18. The van der Waals surface area contributed by atoms with Crippen LogP contribution < -0.4 is 5.32 Å². The molecule has 1 aliphatic heterocycles. The Morgan fingerprint density at radius 1 is 1.56 bits per heavy atom. The Bertz CT molecular complexity index is 531. The summed E-state index contributed by atoms with van der Waals surface area (Å²) in [6.07, 6.45) is 7.11. The average Bonchev–Trinajstić information content (AvgIpc) is 3.05. The topological polar surface area (TPSA) is 88.5 Å². The first kappa shape index (κ1) is 10.9. The lowest BCUT2D eigenvalue weighted by atomic mass is 9.98. The lowest BCUT2D eigenvalue weighted by Gasteiger charge is -2.23. The van der Waals surface area contributed by atoms with Crippen molar-refractivity contribution in [1.82, 2.24) is 30.0 Å². The zero-order chi connectivity index (χ0) is 12.4. The number of aromatic nitrogens is 5. The van der Waals surface area contributed by atoms with Gasteiger partial charge in [0.2, 0.25) is 5.82 Å². The molecule has 2 aromatic heterocycles. The fourth-order valence-electron chi connectivity index (χ4n) is 2.23. The quantitative estimate of drug-likeness (QED) is 0.797. The van der Waals surface area contributed by atoms with Gasteiger partial charge in [0.05, 0.1) is 0 Å². The van der Waals surface area contributed by atoms with Crippen LogP contribution in [-0.4, -0.2) is 37.2 Å². The molecule has 3 heterocycles. The number of imidazole rings is 1. The fourth-order valence-corrected chi connectivity index (χ4v) is 2.23. The van der Waals surface area contributed by atoms with Gasteiger partial charge < -0.3 is 9.88 Å². The molecule has 7 heteroatoms. The minimum Gasteiger partial charge on any atom is -0.349 e. The second-order valence-electron chi connectivity index (χ2n) is 4.44. The van der Waals surface area contributed by atoms with Crippen LogP contribution in [-0.2, 0) is 13.0 Å². The normalized spacial score (nSPS) is 18.3. The van der Waals surface area contributed by atoms with Crippen LogP contribution in [0, 0.1) is 5.92 Å². The third kappa shape index (κ3) is 2.11. The Morgan fingerprint density at radius 2 is 2.50 bits per heavy atom. The van der Waals surface area contributed by atoms with Crippen molar-refractivity contribution in [3.8, 4) is 0 Å². The molecule has 2 N–H and O–H groups in total. The van der Waals surface area contributed by atoms with Gasteiger partial charge in [0.1, 0.15) is 12.2 Å². The van der Waals surface area contributed by atoms with Crippen molar-refractivity contribution in [1.29, 1.82) is 0 Å². The summed E-state index contributed by atoms with van der Waals surface area (Å²) in [4.78, 5) is 19.8. The first-order valence-electron chi connectivity index (χ1n) is 5.96. The predicted molar refractivity (Wildman–Crippen MR) is 62.8 cm³/mol. The van der Waals surface area contributed by atoms with E-state index < -0.39 is 0 Å². The molecule has 1 aliphatic rings. The maximum atomic E-state index is 11.7. The van der Waals surface area contributed by atoms with Crippen molar-refractivity contribution in [2.75, 3.05) is 6.54 Å². The molecule has 0 radical (unpaired) electrons. The molecular formula is C11H14N6O. The summed E-state index contributed by atoms with van der Waals surface area (Å²) in [6, 6.07) is 0. The number of aryl methyl sites for hydroxylation is 1. The van der Waals surface area contributed by atoms with E-state index in [0.717, 1.165) is 25.2 Å². The molecule has 0 aliphatic carbocycles. The van der Waals surface area contributed by atoms with E-state index in [1.54, 1.807) is 0 Å². The third-order valence-corrected chi connectivity index (χ3v) is 3.23. The Morgan fingerprint density at radius 3 is 3.33 bits per heavy atom. The van der Waals surface area contributed by atoms with Gasteiger partial charge in [-0.25, -0.2) is 9.97 Å². The molecule has 3 rings (SSSR count). The van der Waals surface area contributed by atoms with Crippen LogP contribution in [0.1, 0.15) is 22.9 Å². The number of H-pyrrole nitrogens is 1. The molecule has 94 valence electrons. The SMILES string of the molecule is O=C(NC[C@@H]1CCn2ccnc2C1)c1ncn[nH]1. The lowest BCUT2D eigenvalue weighted by molar-refractivity contribution is 0.0934. The first-order valence-corrected chi connectivity index (χ1v) is 5.96. The molecule has 0 spiro atoms. The minimum absolute atomic E-state index is 0.207. The standard InChI is InChI=1S/C11H14N6O/c18-11(10-14-7-15-16-10)13-6-8-1-3-17-4-2-12-9(17)5-8/h2,4,7-8H,1,3,5-6H2,(H,13,18)(H,14,15,16)/t8-/m1/s1. The van der Waals surface area contributed by atoms with E-state index in [9.17, 15) is 4.79 Å². The number of rotatable bonds is 3. The van der Waals surface area contributed by atoms with Gasteiger partial charge in [-0.1, -0.05) is 0 Å². The third-order valence-electron chi connectivity index (χ3n) is 3.23. The van der Waals surface area contributed by atoms with Crippen LogP contribution in [0.25, 0.3) is 0 Å². The largest absolute Gasteiger partial charge is 0.349 e. The van der Waals surface area contributed by atoms with Crippen LogP contribution in [0.2, 0.25) is 0 Å².